The van der Waals surface area contributed by atoms with Crippen molar-refractivity contribution in [1.82, 2.24) is 4.90 Å². The van der Waals surface area contributed by atoms with Gasteiger partial charge < -0.3 is 10.6 Å². The van der Waals surface area contributed by atoms with Crippen molar-refractivity contribution in [2.45, 2.75) is 58.9 Å². The molecule has 0 aromatic carbocycles. The largest absolute Gasteiger partial charge is 0.340 e. The lowest BCUT2D eigenvalue weighted by Gasteiger charge is -2.26. The van der Waals surface area contributed by atoms with Gasteiger partial charge in [-0.2, -0.15) is 0 Å². The van der Waals surface area contributed by atoms with Crippen molar-refractivity contribution in [2.24, 2.45) is 5.73 Å². The van der Waals surface area contributed by atoms with Gasteiger partial charge in [0.1, 0.15) is 0 Å². The van der Waals surface area contributed by atoms with Crippen LogP contribution in [0, 0.1) is 0 Å². The monoisotopic (exact) mass is 214 g/mol. The van der Waals surface area contributed by atoms with Gasteiger partial charge in [0, 0.05) is 19.0 Å². The van der Waals surface area contributed by atoms with Crippen LogP contribution in [0.15, 0.2) is 0 Å². The van der Waals surface area contributed by atoms with E-state index in [0.29, 0.717) is 19.0 Å². The number of rotatable bonds is 8. The van der Waals surface area contributed by atoms with E-state index in [4.69, 9.17) is 5.73 Å². The van der Waals surface area contributed by atoms with Crippen molar-refractivity contribution >= 4 is 5.91 Å². The van der Waals surface area contributed by atoms with Gasteiger partial charge in [0.15, 0.2) is 0 Å². The summed E-state index contributed by atoms with van der Waals surface area (Å²) in [6, 6.07) is 0.297. The Hall–Kier alpha value is -0.570. The molecular formula is C12H26N2O. The quantitative estimate of drug-likeness (QED) is 0.629. The van der Waals surface area contributed by atoms with E-state index in [1.165, 1.54) is 0 Å². The Bertz CT molecular complexity index is 169. The van der Waals surface area contributed by atoms with Crippen LogP contribution in [0.3, 0.4) is 0 Å². The van der Waals surface area contributed by atoms with Gasteiger partial charge in [-0.15, -0.1) is 0 Å². The lowest BCUT2D eigenvalue weighted by atomic mass is 10.1. The summed E-state index contributed by atoms with van der Waals surface area (Å²) in [6.07, 6.45) is 4.92. The molecule has 0 radical (unpaired) electrons. The molecule has 0 saturated carbocycles. The Morgan fingerprint density at radius 2 is 1.93 bits per heavy atom. The molecule has 90 valence electrons. The second kappa shape index (κ2) is 8.72. The molecule has 0 aromatic rings. The third-order valence-electron chi connectivity index (χ3n) is 2.54. The fourth-order valence-electron chi connectivity index (χ4n) is 1.60. The summed E-state index contributed by atoms with van der Waals surface area (Å²) >= 11 is 0. The van der Waals surface area contributed by atoms with E-state index in [1.54, 1.807) is 0 Å². The van der Waals surface area contributed by atoms with Crippen LogP contribution in [0.4, 0.5) is 0 Å². The second-order valence-corrected chi connectivity index (χ2v) is 4.28. The predicted octanol–water partition coefficient (Wildman–Crippen LogP) is 2.15. The van der Waals surface area contributed by atoms with Crippen LogP contribution in [-0.4, -0.2) is 29.9 Å². The van der Waals surface area contributed by atoms with Crippen LogP contribution in [0.5, 0.6) is 0 Å². The number of unbranched alkanes of at least 4 members (excludes halogenated alkanes) is 2. The summed E-state index contributed by atoms with van der Waals surface area (Å²) in [5, 5.41) is 0. The van der Waals surface area contributed by atoms with E-state index in [-0.39, 0.29) is 5.91 Å². The van der Waals surface area contributed by atoms with Crippen LogP contribution in [0.2, 0.25) is 0 Å². The Morgan fingerprint density at radius 3 is 2.40 bits per heavy atom. The van der Waals surface area contributed by atoms with Crippen molar-refractivity contribution < 1.29 is 4.79 Å². The summed E-state index contributed by atoms with van der Waals surface area (Å²) in [5.74, 6) is 0.284. The molecular weight excluding hydrogens is 188 g/mol. The molecule has 0 aliphatic carbocycles. The lowest BCUT2D eigenvalue weighted by molar-refractivity contribution is -0.133. The van der Waals surface area contributed by atoms with Gasteiger partial charge in [0.2, 0.25) is 5.91 Å². The maximum absolute atomic E-state index is 11.9. The number of carbonyl (C=O) groups is 1. The molecule has 0 aliphatic heterocycles. The SMILES string of the molecule is CCCCCC(=O)N(CCCN)C(C)C. The molecule has 0 bridgehead atoms. The molecule has 0 fully saturated rings. The van der Waals surface area contributed by atoms with Crippen molar-refractivity contribution in [2.75, 3.05) is 13.1 Å². The molecule has 3 heteroatoms. The van der Waals surface area contributed by atoms with Crippen LogP contribution in [-0.2, 0) is 4.79 Å². The molecule has 0 aromatic heterocycles. The van der Waals surface area contributed by atoms with Crippen molar-refractivity contribution in [3.05, 3.63) is 0 Å². The molecule has 2 N–H and O–H groups in total. The maximum Gasteiger partial charge on any atom is 0.222 e. The smallest absolute Gasteiger partial charge is 0.222 e. The first kappa shape index (κ1) is 14.4. The zero-order chi connectivity index (χ0) is 11.7. The molecule has 1 amide bonds. The second-order valence-electron chi connectivity index (χ2n) is 4.28. The zero-order valence-electron chi connectivity index (χ0n) is 10.5. The number of nitrogens with zero attached hydrogens (tertiary/aromatic N) is 1. The summed E-state index contributed by atoms with van der Waals surface area (Å²) in [4.78, 5) is 13.8. The first-order valence-corrected chi connectivity index (χ1v) is 6.13. The van der Waals surface area contributed by atoms with E-state index in [2.05, 4.69) is 20.8 Å². The van der Waals surface area contributed by atoms with Gasteiger partial charge in [-0.1, -0.05) is 19.8 Å². The number of amides is 1. The molecule has 0 aliphatic rings. The number of hydrogen-bond donors (Lipinski definition) is 1. The van der Waals surface area contributed by atoms with Gasteiger partial charge in [0.05, 0.1) is 0 Å². The highest BCUT2D eigenvalue weighted by atomic mass is 16.2. The molecule has 0 heterocycles. The number of nitrogens with two attached hydrogens (primary N) is 1. The summed E-state index contributed by atoms with van der Waals surface area (Å²) in [6.45, 7) is 7.74. The third-order valence-corrected chi connectivity index (χ3v) is 2.54. The highest BCUT2D eigenvalue weighted by molar-refractivity contribution is 5.76. The molecule has 0 saturated heterocycles. The van der Waals surface area contributed by atoms with Crippen LogP contribution in [0.1, 0.15) is 52.9 Å². The first-order valence-electron chi connectivity index (χ1n) is 6.13. The van der Waals surface area contributed by atoms with Crippen molar-refractivity contribution in [1.29, 1.82) is 0 Å². The Morgan fingerprint density at radius 1 is 1.27 bits per heavy atom. The highest BCUT2D eigenvalue weighted by Gasteiger charge is 2.15. The van der Waals surface area contributed by atoms with Gasteiger partial charge in [0.25, 0.3) is 0 Å². The first-order chi connectivity index (χ1) is 7.13. The van der Waals surface area contributed by atoms with E-state index >= 15 is 0 Å². The van der Waals surface area contributed by atoms with E-state index < -0.39 is 0 Å². The minimum absolute atomic E-state index is 0.284. The third kappa shape index (κ3) is 6.50. The minimum atomic E-state index is 0.284. The van der Waals surface area contributed by atoms with Gasteiger partial charge >= 0.3 is 0 Å². The fraction of sp³-hybridized carbons (Fsp3) is 0.917. The van der Waals surface area contributed by atoms with Crippen LogP contribution in [0.25, 0.3) is 0 Å². The molecule has 0 spiro atoms. The van der Waals surface area contributed by atoms with Crippen LogP contribution >= 0.6 is 0 Å². The highest BCUT2D eigenvalue weighted by Crippen LogP contribution is 2.07. The van der Waals surface area contributed by atoms with E-state index in [9.17, 15) is 4.79 Å². The maximum atomic E-state index is 11.9. The summed E-state index contributed by atoms with van der Waals surface area (Å²) < 4.78 is 0. The van der Waals surface area contributed by atoms with Crippen molar-refractivity contribution in [3.63, 3.8) is 0 Å². The fourth-order valence-corrected chi connectivity index (χ4v) is 1.60. The minimum Gasteiger partial charge on any atom is -0.340 e. The lowest BCUT2D eigenvalue weighted by Crippen LogP contribution is -2.38. The van der Waals surface area contributed by atoms with Crippen LogP contribution < -0.4 is 5.73 Å². The average Bonchev–Trinajstić information content (AvgIpc) is 2.18. The average molecular weight is 214 g/mol. The topological polar surface area (TPSA) is 46.3 Å². The molecule has 3 nitrogen and oxygen atoms in total. The van der Waals surface area contributed by atoms with Crippen molar-refractivity contribution in [3.8, 4) is 0 Å². The summed E-state index contributed by atoms with van der Waals surface area (Å²) in [7, 11) is 0. The van der Waals surface area contributed by atoms with Gasteiger partial charge in [-0.05, 0) is 33.2 Å². The molecule has 0 unspecified atom stereocenters. The van der Waals surface area contributed by atoms with E-state index in [1.807, 2.05) is 4.90 Å². The molecule has 0 rings (SSSR count). The number of carbonyl (C=O) groups excluding carboxylic acids is 1. The predicted molar refractivity (Wildman–Crippen MR) is 64.7 cm³/mol. The Balaban J connectivity index is 3.93. The Labute approximate surface area is 94.0 Å². The number of hydrogen-bond acceptors (Lipinski definition) is 2. The zero-order valence-corrected chi connectivity index (χ0v) is 10.5. The Kier molecular flexibility index (Phi) is 8.38. The van der Waals surface area contributed by atoms with Gasteiger partial charge in [-0.3, -0.25) is 4.79 Å². The van der Waals surface area contributed by atoms with Gasteiger partial charge in [-0.25, -0.2) is 0 Å². The standard InChI is InChI=1S/C12H26N2O/c1-4-5-6-8-12(15)14(11(2)3)10-7-9-13/h11H,4-10,13H2,1-3H3. The normalized spacial score (nSPS) is 10.7. The molecule has 0 atom stereocenters. The molecule has 15 heavy (non-hydrogen) atoms. The summed E-state index contributed by atoms with van der Waals surface area (Å²) in [5.41, 5.74) is 5.46. The van der Waals surface area contributed by atoms with E-state index in [0.717, 1.165) is 32.2 Å².